The van der Waals surface area contributed by atoms with E-state index in [2.05, 4.69) is 5.32 Å². The lowest BCUT2D eigenvalue weighted by atomic mass is 9.65. The Bertz CT molecular complexity index is 1650. The molecule has 0 aromatic heterocycles. The van der Waals surface area contributed by atoms with Crippen molar-refractivity contribution in [3.63, 3.8) is 0 Å². The van der Waals surface area contributed by atoms with E-state index in [0.717, 1.165) is 33.8 Å². The van der Waals surface area contributed by atoms with E-state index in [1.807, 2.05) is 53.5 Å². The molecule has 6 rings (SSSR count). The van der Waals surface area contributed by atoms with Crippen molar-refractivity contribution in [3.8, 4) is 34.5 Å². The molecule has 0 spiro atoms. The lowest BCUT2D eigenvalue weighted by Crippen LogP contribution is -2.46. The van der Waals surface area contributed by atoms with E-state index in [-0.39, 0.29) is 44.8 Å². The number of ether oxygens (including phenoxy) is 7. The predicted molar refractivity (Wildman–Crippen MR) is 170 cm³/mol. The van der Waals surface area contributed by atoms with Crippen LogP contribution in [0.25, 0.3) is 0 Å². The zero-order valence-electron chi connectivity index (χ0n) is 26.6. The van der Waals surface area contributed by atoms with Gasteiger partial charge in [-0.2, -0.15) is 5.10 Å². The molecule has 0 saturated carbocycles. The number of aliphatic carboxylic acids is 1. The second kappa shape index (κ2) is 13.7. The first kappa shape index (κ1) is 31.8. The second-order valence-electron chi connectivity index (χ2n) is 11.2. The number of amides is 1. The van der Waals surface area contributed by atoms with Crippen LogP contribution in [-0.4, -0.2) is 84.2 Å². The summed E-state index contributed by atoms with van der Waals surface area (Å²) in [6, 6.07) is 15.2. The zero-order valence-corrected chi connectivity index (χ0v) is 26.6. The van der Waals surface area contributed by atoms with Crippen molar-refractivity contribution in [2.24, 2.45) is 16.9 Å². The first-order chi connectivity index (χ1) is 22.9. The van der Waals surface area contributed by atoms with Crippen LogP contribution in [0.1, 0.15) is 29.0 Å². The fraction of sp³-hybridized carbons (Fsp3) is 0.382. The number of carbonyl (C=O) groups is 2. The highest BCUT2D eigenvalue weighted by atomic mass is 16.7. The smallest absolute Gasteiger partial charge is 0.305 e. The number of carbonyl (C=O) groups excluding carboxylic acids is 1. The molecule has 0 bridgehead atoms. The number of nitrogens with one attached hydrogen (secondary N) is 1. The van der Waals surface area contributed by atoms with E-state index >= 15 is 0 Å². The van der Waals surface area contributed by atoms with Gasteiger partial charge in [0.25, 0.3) is 0 Å². The lowest BCUT2D eigenvalue weighted by molar-refractivity contribution is -0.138. The van der Waals surface area contributed by atoms with Crippen molar-refractivity contribution in [1.29, 1.82) is 0 Å². The SMILES string of the molecule is COc1ccc(N2C[C@@H]3C(=N2)c2cc4c(cc2[C@@H](c2cc(OC)c(OC)c(OC)c2)[C@H]3C(=O)NCCOCCC(=O)O)OCO4)cc1. The molecule has 0 fully saturated rings. The number of benzene rings is 3. The molecule has 0 saturated heterocycles. The summed E-state index contributed by atoms with van der Waals surface area (Å²) in [7, 11) is 6.26. The van der Waals surface area contributed by atoms with E-state index in [1.165, 1.54) is 0 Å². The zero-order chi connectivity index (χ0) is 33.1. The van der Waals surface area contributed by atoms with Crippen LogP contribution < -0.4 is 38.7 Å². The highest BCUT2D eigenvalue weighted by Crippen LogP contribution is 2.52. The van der Waals surface area contributed by atoms with Gasteiger partial charge in [0.05, 0.1) is 71.9 Å². The van der Waals surface area contributed by atoms with Gasteiger partial charge in [0.1, 0.15) is 5.75 Å². The van der Waals surface area contributed by atoms with E-state index in [4.69, 9.17) is 43.4 Å². The van der Waals surface area contributed by atoms with Gasteiger partial charge < -0.3 is 43.6 Å². The van der Waals surface area contributed by atoms with E-state index < -0.39 is 17.8 Å². The van der Waals surface area contributed by atoms with Crippen LogP contribution in [0.4, 0.5) is 5.69 Å². The van der Waals surface area contributed by atoms with Crippen LogP contribution >= 0.6 is 0 Å². The van der Waals surface area contributed by atoms with E-state index in [1.54, 1.807) is 28.4 Å². The van der Waals surface area contributed by atoms with E-state index in [0.29, 0.717) is 35.3 Å². The molecule has 0 radical (unpaired) electrons. The topological polar surface area (TPSA) is 147 Å². The number of fused-ring (bicyclic) bond motifs is 4. The molecular weight excluding hydrogens is 610 g/mol. The third-order valence-corrected chi connectivity index (χ3v) is 8.62. The minimum absolute atomic E-state index is 0.0551. The number of rotatable bonds is 13. The molecule has 2 heterocycles. The number of carboxylic acids is 1. The number of anilines is 1. The summed E-state index contributed by atoms with van der Waals surface area (Å²) in [5, 5.41) is 18.9. The van der Waals surface area contributed by atoms with Crippen LogP contribution in [0.2, 0.25) is 0 Å². The third kappa shape index (κ3) is 6.18. The lowest BCUT2D eigenvalue weighted by Gasteiger charge is -2.38. The number of hydrazone groups is 1. The number of carboxylic acid groups (broad SMARTS) is 1. The Labute approximate surface area is 271 Å². The summed E-state index contributed by atoms with van der Waals surface area (Å²) in [5.41, 5.74) is 4.09. The molecule has 3 aromatic carbocycles. The Kier molecular flexibility index (Phi) is 9.25. The van der Waals surface area contributed by atoms with Crippen LogP contribution in [0.3, 0.4) is 0 Å². The molecule has 1 aliphatic carbocycles. The number of hydrogen-bond donors (Lipinski definition) is 2. The van der Waals surface area contributed by atoms with Crippen molar-refractivity contribution in [2.45, 2.75) is 12.3 Å². The molecule has 47 heavy (non-hydrogen) atoms. The summed E-state index contributed by atoms with van der Waals surface area (Å²) in [4.78, 5) is 25.2. The van der Waals surface area contributed by atoms with Gasteiger partial charge in [0.15, 0.2) is 23.0 Å². The normalized spacial score (nSPS) is 18.9. The van der Waals surface area contributed by atoms with Gasteiger partial charge in [-0.1, -0.05) is 0 Å². The summed E-state index contributed by atoms with van der Waals surface area (Å²) in [6.45, 7) is 0.946. The van der Waals surface area contributed by atoms with Gasteiger partial charge in [0, 0.05) is 23.9 Å². The largest absolute Gasteiger partial charge is 0.497 e. The maximum Gasteiger partial charge on any atom is 0.305 e. The average Bonchev–Trinajstić information content (AvgIpc) is 3.74. The fourth-order valence-corrected chi connectivity index (χ4v) is 6.46. The third-order valence-electron chi connectivity index (χ3n) is 8.62. The summed E-state index contributed by atoms with van der Waals surface area (Å²) < 4.78 is 39.4. The number of methoxy groups -OCH3 is 4. The Hall–Kier alpha value is -5.17. The Balaban J connectivity index is 1.45. The first-order valence-electron chi connectivity index (χ1n) is 15.2. The minimum atomic E-state index is -0.946. The fourth-order valence-electron chi connectivity index (χ4n) is 6.46. The monoisotopic (exact) mass is 647 g/mol. The second-order valence-corrected chi connectivity index (χ2v) is 11.2. The molecule has 3 aromatic rings. The molecule has 3 aliphatic rings. The van der Waals surface area contributed by atoms with Crippen LogP contribution in [-0.2, 0) is 14.3 Å². The van der Waals surface area contributed by atoms with Crippen molar-refractivity contribution in [3.05, 3.63) is 65.2 Å². The molecule has 13 nitrogen and oxygen atoms in total. The number of hydrogen-bond acceptors (Lipinski definition) is 11. The van der Waals surface area contributed by atoms with Crippen LogP contribution in [0.5, 0.6) is 34.5 Å². The van der Waals surface area contributed by atoms with Gasteiger partial charge in [-0.15, -0.1) is 0 Å². The molecule has 2 aliphatic heterocycles. The van der Waals surface area contributed by atoms with Gasteiger partial charge in [-0.25, -0.2) is 0 Å². The summed E-state index contributed by atoms with van der Waals surface area (Å²) in [5.74, 6) is 0.669. The van der Waals surface area contributed by atoms with Gasteiger partial charge >= 0.3 is 5.97 Å². The van der Waals surface area contributed by atoms with Crippen LogP contribution in [0.15, 0.2) is 53.6 Å². The highest BCUT2D eigenvalue weighted by molar-refractivity contribution is 6.10. The van der Waals surface area contributed by atoms with Crippen molar-refractivity contribution in [2.75, 3.05) is 66.5 Å². The minimum Gasteiger partial charge on any atom is -0.497 e. The summed E-state index contributed by atoms with van der Waals surface area (Å²) >= 11 is 0. The summed E-state index contributed by atoms with van der Waals surface area (Å²) in [6.07, 6.45) is -0.115. The molecule has 1 amide bonds. The maximum atomic E-state index is 14.4. The highest BCUT2D eigenvalue weighted by Gasteiger charge is 2.49. The molecule has 13 heteroatoms. The Morgan fingerprint density at radius 2 is 1.64 bits per heavy atom. The van der Waals surface area contributed by atoms with Gasteiger partial charge in [0.2, 0.25) is 18.4 Å². The molecular formula is C34H37N3O10. The van der Waals surface area contributed by atoms with Gasteiger partial charge in [-0.3, -0.25) is 14.6 Å². The van der Waals surface area contributed by atoms with Crippen molar-refractivity contribution < 1.29 is 47.9 Å². The van der Waals surface area contributed by atoms with E-state index in [9.17, 15) is 9.59 Å². The molecule has 248 valence electrons. The average molecular weight is 648 g/mol. The first-order valence-corrected chi connectivity index (χ1v) is 15.2. The quantitative estimate of drug-likeness (QED) is 0.262. The van der Waals surface area contributed by atoms with Crippen molar-refractivity contribution in [1.82, 2.24) is 5.32 Å². The molecule has 2 N–H and O–H groups in total. The molecule has 3 atom stereocenters. The Morgan fingerprint density at radius 3 is 2.28 bits per heavy atom. The predicted octanol–water partition coefficient (Wildman–Crippen LogP) is 3.66. The van der Waals surface area contributed by atoms with Crippen molar-refractivity contribution >= 4 is 23.3 Å². The van der Waals surface area contributed by atoms with Gasteiger partial charge in [-0.05, 0) is 59.7 Å². The molecule has 0 unspecified atom stereocenters. The number of nitrogens with zero attached hydrogens (tertiary/aromatic N) is 2. The Morgan fingerprint density at radius 1 is 0.936 bits per heavy atom. The van der Waals surface area contributed by atoms with Crippen LogP contribution in [0, 0.1) is 11.8 Å². The maximum absolute atomic E-state index is 14.4. The standard InChI is InChI=1S/C34H37N3O10/c1-41-21-7-5-20(6-8-21)37-17-24-31(34(40)35-10-12-45-11-9-29(38)39)30(19-13-27(42-2)33(44-4)28(14-19)43-3)22-15-25-26(47-18-46-25)16-23(22)32(24)36-37/h5-8,13-16,24,30-31H,9-12,17-18H2,1-4H3,(H,35,40)(H,38,39)/t24-,30+,31-/m0/s1.